The predicted molar refractivity (Wildman–Crippen MR) is 206 cm³/mol. The van der Waals surface area contributed by atoms with E-state index in [1.165, 1.54) is 109 Å². The van der Waals surface area contributed by atoms with Crippen LogP contribution in [0.2, 0.25) is 0 Å². The molecule has 0 aromatic carbocycles. The molecule has 0 saturated carbocycles. The molecule has 0 bridgehead atoms. The van der Waals surface area contributed by atoms with Gasteiger partial charge in [-0.1, -0.05) is 189 Å². The molecule has 49 heavy (non-hydrogen) atoms. The van der Waals surface area contributed by atoms with Crippen LogP contribution in [0.4, 0.5) is 0 Å². The summed E-state index contributed by atoms with van der Waals surface area (Å²) in [7, 11) is 0. The molecule has 0 unspecified atom stereocenters. The van der Waals surface area contributed by atoms with Gasteiger partial charge in [-0.05, 0) is 31.1 Å². The molecule has 0 aliphatic heterocycles. The zero-order valence-electron chi connectivity index (χ0n) is 33.3. The minimum Gasteiger partial charge on any atom is -0.462 e. The number of carbonyl (C=O) groups excluding carboxylic acids is 3. The maximum absolute atomic E-state index is 12.5. The molecule has 6 nitrogen and oxygen atoms in total. The molecule has 0 N–H and O–H groups in total. The van der Waals surface area contributed by atoms with Crippen molar-refractivity contribution in [1.29, 1.82) is 0 Å². The Bertz CT molecular complexity index is 749. The molecule has 0 aliphatic rings. The van der Waals surface area contributed by atoms with Gasteiger partial charge in [0.1, 0.15) is 13.2 Å². The fraction of sp³-hybridized carbons (Fsp3) is 0.930. The number of carbonyl (C=O) groups is 3. The summed E-state index contributed by atoms with van der Waals surface area (Å²) in [6.45, 7) is 11.2. The summed E-state index contributed by atoms with van der Waals surface area (Å²) in [5.74, 6) is 0.753. The van der Waals surface area contributed by atoms with Crippen molar-refractivity contribution in [2.24, 2.45) is 11.8 Å². The zero-order valence-corrected chi connectivity index (χ0v) is 33.3. The highest BCUT2D eigenvalue weighted by Crippen LogP contribution is 2.16. The van der Waals surface area contributed by atoms with Gasteiger partial charge >= 0.3 is 17.9 Å². The summed E-state index contributed by atoms with van der Waals surface area (Å²) < 4.78 is 16.6. The van der Waals surface area contributed by atoms with E-state index in [-0.39, 0.29) is 31.1 Å². The average Bonchev–Trinajstić information content (AvgIpc) is 3.06. The third-order valence-corrected chi connectivity index (χ3v) is 9.47. The summed E-state index contributed by atoms with van der Waals surface area (Å²) in [5.41, 5.74) is 0. The van der Waals surface area contributed by atoms with Crippen LogP contribution >= 0.6 is 0 Å². The number of esters is 3. The Labute approximate surface area is 304 Å². The highest BCUT2D eigenvalue weighted by atomic mass is 16.6. The van der Waals surface area contributed by atoms with Gasteiger partial charge in [0.25, 0.3) is 0 Å². The monoisotopic (exact) mass is 695 g/mol. The van der Waals surface area contributed by atoms with E-state index >= 15 is 0 Å². The van der Waals surface area contributed by atoms with E-state index in [0.717, 1.165) is 76.0 Å². The minimum absolute atomic E-state index is 0.0669. The Morgan fingerprint density at radius 1 is 0.388 bits per heavy atom. The van der Waals surface area contributed by atoms with Crippen molar-refractivity contribution in [3.63, 3.8) is 0 Å². The first-order valence-corrected chi connectivity index (χ1v) is 21.2. The smallest absolute Gasteiger partial charge is 0.306 e. The molecule has 0 aromatic rings. The molecule has 0 radical (unpaired) electrons. The van der Waals surface area contributed by atoms with Crippen LogP contribution in [0.25, 0.3) is 0 Å². The standard InChI is InChI=1S/C43H82O6/c1-6-7-8-21-30-35-43(46)49-40(37-48-42(45)34-29-25-20-16-15-18-23-27-32-39(4)5)36-47-41(44)33-28-24-19-14-12-10-9-11-13-17-22-26-31-38(2)3/h38-40H,6-37H2,1-5H3/t40-/m0/s1. The molecule has 1 atom stereocenters. The topological polar surface area (TPSA) is 78.9 Å². The van der Waals surface area contributed by atoms with Crippen molar-refractivity contribution >= 4 is 17.9 Å². The molecule has 0 amide bonds. The normalized spacial score (nSPS) is 12.1. The van der Waals surface area contributed by atoms with Crippen molar-refractivity contribution in [2.45, 2.75) is 233 Å². The van der Waals surface area contributed by atoms with Crippen LogP contribution < -0.4 is 0 Å². The Balaban J connectivity index is 4.16. The van der Waals surface area contributed by atoms with E-state index in [0.29, 0.717) is 19.3 Å². The van der Waals surface area contributed by atoms with Crippen molar-refractivity contribution in [3.05, 3.63) is 0 Å². The van der Waals surface area contributed by atoms with Gasteiger partial charge in [-0.25, -0.2) is 0 Å². The second-order valence-electron chi connectivity index (χ2n) is 15.6. The van der Waals surface area contributed by atoms with E-state index in [2.05, 4.69) is 34.6 Å². The third-order valence-electron chi connectivity index (χ3n) is 9.47. The molecule has 0 saturated heterocycles. The first kappa shape index (κ1) is 47.4. The summed E-state index contributed by atoms with van der Waals surface area (Å²) in [6.07, 6.45) is 32.7. The average molecular weight is 695 g/mol. The maximum atomic E-state index is 12.5. The third kappa shape index (κ3) is 37.5. The maximum Gasteiger partial charge on any atom is 0.306 e. The molecule has 0 fully saturated rings. The zero-order chi connectivity index (χ0) is 36.2. The summed E-state index contributed by atoms with van der Waals surface area (Å²) in [6, 6.07) is 0. The number of unbranched alkanes of at least 4 members (excludes halogenated alkanes) is 22. The number of rotatable bonds is 37. The molecular weight excluding hydrogens is 612 g/mol. The van der Waals surface area contributed by atoms with Gasteiger partial charge in [0.15, 0.2) is 6.10 Å². The largest absolute Gasteiger partial charge is 0.462 e. The van der Waals surface area contributed by atoms with Gasteiger partial charge < -0.3 is 14.2 Å². The molecule has 0 aromatic heterocycles. The van der Waals surface area contributed by atoms with Crippen molar-refractivity contribution in [2.75, 3.05) is 13.2 Å². The molecule has 290 valence electrons. The van der Waals surface area contributed by atoms with E-state index < -0.39 is 6.10 Å². The lowest BCUT2D eigenvalue weighted by Gasteiger charge is -2.18. The quantitative estimate of drug-likeness (QED) is 0.0366. The van der Waals surface area contributed by atoms with E-state index in [4.69, 9.17) is 14.2 Å². The lowest BCUT2D eigenvalue weighted by atomic mass is 10.0. The fourth-order valence-corrected chi connectivity index (χ4v) is 6.22. The van der Waals surface area contributed by atoms with Crippen LogP contribution in [0.5, 0.6) is 0 Å². The molecule has 0 heterocycles. The van der Waals surface area contributed by atoms with Crippen LogP contribution in [0.1, 0.15) is 227 Å². The Kier molecular flexibility index (Phi) is 35.0. The predicted octanol–water partition coefficient (Wildman–Crippen LogP) is 13.0. The SMILES string of the molecule is CCCCCCCC(=O)O[C@@H](COC(=O)CCCCCCCCCCCCCCC(C)C)COC(=O)CCCCCCCCCCC(C)C. The number of hydrogen-bond donors (Lipinski definition) is 0. The Hall–Kier alpha value is -1.59. The summed E-state index contributed by atoms with van der Waals surface area (Å²) in [4.78, 5) is 37.3. The molecule has 0 aliphatic carbocycles. The Morgan fingerprint density at radius 3 is 1.00 bits per heavy atom. The first-order valence-electron chi connectivity index (χ1n) is 21.2. The van der Waals surface area contributed by atoms with E-state index in [1.54, 1.807) is 0 Å². The van der Waals surface area contributed by atoms with Crippen molar-refractivity contribution in [3.8, 4) is 0 Å². The van der Waals surface area contributed by atoms with Crippen LogP contribution in [0.3, 0.4) is 0 Å². The number of hydrogen-bond acceptors (Lipinski definition) is 6. The number of ether oxygens (including phenoxy) is 3. The highest BCUT2D eigenvalue weighted by molar-refractivity contribution is 5.71. The molecular formula is C43H82O6. The van der Waals surface area contributed by atoms with Crippen LogP contribution in [-0.4, -0.2) is 37.2 Å². The summed E-state index contributed by atoms with van der Waals surface area (Å²) >= 11 is 0. The second-order valence-corrected chi connectivity index (χ2v) is 15.6. The van der Waals surface area contributed by atoms with Gasteiger partial charge in [0, 0.05) is 19.3 Å². The Morgan fingerprint density at radius 2 is 0.673 bits per heavy atom. The minimum atomic E-state index is -0.758. The van der Waals surface area contributed by atoms with E-state index in [1.807, 2.05) is 0 Å². The lowest BCUT2D eigenvalue weighted by Crippen LogP contribution is -2.30. The van der Waals surface area contributed by atoms with Crippen molar-refractivity contribution < 1.29 is 28.6 Å². The first-order chi connectivity index (χ1) is 23.7. The summed E-state index contributed by atoms with van der Waals surface area (Å²) in [5, 5.41) is 0. The molecule has 0 spiro atoms. The molecule has 0 rings (SSSR count). The van der Waals surface area contributed by atoms with Crippen LogP contribution in [0, 0.1) is 11.8 Å². The lowest BCUT2D eigenvalue weighted by molar-refractivity contribution is -0.167. The van der Waals surface area contributed by atoms with Crippen LogP contribution in [-0.2, 0) is 28.6 Å². The van der Waals surface area contributed by atoms with Gasteiger partial charge in [-0.15, -0.1) is 0 Å². The fourth-order valence-electron chi connectivity index (χ4n) is 6.22. The van der Waals surface area contributed by atoms with E-state index in [9.17, 15) is 14.4 Å². The van der Waals surface area contributed by atoms with Gasteiger partial charge in [-0.3, -0.25) is 14.4 Å². The van der Waals surface area contributed by atoms with Gasteiger partial charge in [0.05, 0.1) is 0 Å². The van der Waals surface area contributed by atoms with Gasteiger partial charge in [0.2, 0.25) is 0 Å². The highest BCUT2D eigenvalue weighted by Gasteiger charge is 2.19. The molecule has 6 heteroatoms. The second kappa shape index (κ2) is 36.2. The van der Waals surface area contributed by atoms with Gasteiger partial charge in [-0.2, -0.15) is 0 Å². The van der Waals surface area contributed by atoms with Crippen LogP contribution in [0.15, 0.2) is 0 Å². The van der Waals surface area contributed by atoms with Crippen molar-refractivity contribution in [1.82, 2.24) is 0 Å².